The van der Waals surface area contributed by atoms with Gasteiger partial charge in [0.2, 0.25) is 0 Å². The first kappa shape index (κ1) is 13.5. The number of methoxy groups -OCH3 is 1. The van der Waals surface area contributed by atoms with Crippen LogP contribution in [0, 0.1) is 23.2 Å². The fourth-order valence-corrected chi connectivity index (χ4v) is 3.36. The molecule has 0 amide bonds. The van der Waals surface area contributed by atoms with Crippen LogP contribution >= 0.6 is 0 Å². The van der Waals surface area contributed by atoms with Gasteiger partial charge in [0.15, 0.2) is 0 Å². The van der Waals surface area contributed by atoms with Crippen LogP contribution in [0.25, 0.3) is 0 Å². The molecule has 0 heterocycles. The summed E-state index contributed by atoms with van der Waals surface area (Å²) >= 11 is 0. The summed E-state index contributed by atoms with van der Waals surface area (Å²) in [5, 5.41) is 0. The van der Waals surface area contributed by atoms with Gasteiger partial charge in [-0.05, 0) is 36.5 Å². The van der Waals surface area contributed by atoms with Gasteiger partial charge < -0.3 is 10.5 Å². The third-order valence-electron chi connectivity index (χ3n) is 3.75. The van der Waals surface area contributed by atoms with Crippen molar-refractivity contribution >= 4 is 5.97 Å². The summed E-state index contributed by atoms with van der Waals surface area (Å²) in [5.41, 5.74) is 6.04. The predicted octanol–water partition coefficient (Wildman–Crippen LogP) is 2.20. The molecule has 1 saturated carbocycles. The Morgan fingerprint density at radius 3 is 2.56 bits per heavy atom. The van der Waals surface area contributed by atoms with Gasteiger partial charge in [-0.15, -0.1) is 0 Å². The number of ether oxygens (including phenoxy) is 1. The zero-order valence-electron chi connectivity index (χ0n) is 11.0. The molecule has 1 rings (SSSR count). The van der Waals surface area contributed by atoms with Crippen LogP contribution < -0.4 is 5.73 Å². The molecule has 0 aromatic rings. The van der Waals surface area contributed by atoms with Crippen molar-refractivity contribution in [2.75, 3.05) is 13.7 Å². The van der Waals surface area contributed by atoms with E-state index >= 15 is 0 Å². The molecule has 3 unspecified atom stereocenters. The smallest absolute Gasteiger partial charge is 0.310 e. The molecule has 0 aromatic heterocycles. The number of nitrogens with two attached hydrogens (primary N) is 1. The number of esters is 1. The van der Waals surface area contributed by atoms with Crippen LogP contribution in [0.15, 0.2) is 0 Å². The minimum absolute atomic E-state index is 0.118. The highest BCUT2D eigenvalue weighted by molar-refractivity contribution is 5.72. The van der Waals surface area contributed by atoms with E-state index in [0.717, 1.165) is 12.8 Å². The van der Waals surface area contributed by atoms with Crippen LogP contribution in [0.5, 0.6) is 0 Å². The number of rotatable bonds is 3. The van der Waals surface area contributed by atoms with Crippen molar-refractivity contribution in [3.63, 3.8) is 0 Å². The monoisotopic (exact) mass is 227 g/mol. The summed E-state index contributed by atoms with van der Waals surface area (Å²) < 4.78 is 4.84. The molecule has 3 nitrogen and oxygen atoms in total. The lowest BCUT2D eigenvalue weighted by Gasteiger charge is -2.41. The van der Waals surface area contributed by atoms with Crippen molar-refractivity contribution in [1.29, 1.82) is 0 Å². The van der Waals surface area contributed by atoms with Crippen LogP contribution in [0.2, 0.25) is 0 Å². The van der Waals surface area contributed by atoms with Gasteiger partial charge in [0.1, 0.15) is 0 Å². The van der Waals surface area contributed by atoms with Gasteiger partial charge in [-0.3, -0.25) is 4.79 Å². The lowest BCUT2D eigenvalue weighted by Crippen LogP contribution is -2.38. The van der Waals surface area contributed by atoms with E-state index in [2.05, 4.69) is 20.8 Å². The van der Waals surface area contributed by atoms with E-state index in [-0.39, 0.29) is 11.9 Å². The van der Waals surface area contributed by atoms with Gasteiger partial charge in [0.25, 0.3) is 0 Å². The van der Waals surface area contributed by atoms with E-state index < -0.39 is 0 Å². The quantitative estimate of drug-likeness (QED) is 0.752. The summed E-state index contributed by atoms with van der Waals surface area (Å²) in [6, 6.07) is 0. The van der Waals surface area contributed by atoms with Gasteiger partial charge in [-0.2, -0.15) is 0 Å². The highest BCUT2D eigenvalue weighted by Gasteiger charge is 2.38. The van der Waals surface area contributed by atoms with E-state index in [4.69, 9.17) is 10.5 Å². The zero-order chi connectivity index (χ0) is 12.3. The Kier molecular flexibility index (Phi) is 4.36. The number of hydrogen-bond acceptors (Lipinski definition) is 3. The van der Waals surface area contributed by atoms with Crippen molar-refractivity contribution in [2.24, 2.45) is 28.9 Å². The van der Waals surface area contributed by atoms with E-state index in [9.17, 15) is 4.79 Å². The molecule has 1 aliphatic carbocycles. The predicted molar refractivity (Wildman–Crippen MR) is 64.8 cm³/mol. The molecular weight excluding hydrogens is 202 g/mol. The second-order valence-corrected chi connectivity index (χ2v) is 6.04. The molecule has 2 N–H and O–H groups in total. The highest BCUT2D eigenvalue weighted by atomic mass is 16.5. The molecule has 0 radical (unpaired) electrons. The van der Waals surface area contributed by atoms with Crippen molar-refractivity contribution in [1.82, 2.24) is 0 Å². The van der Waals surface area contributed by atoms with Crippen molar-refractivity contribution in [3.8, 4) is 0 Å². The Balaban J connectivity index is 2.73. The molecular formula is C13H25NO2. The van der Waals surface area contributed by atoms with Gasteiger partial charge in [-0.1, -0.05) is 20.8 Å². The third-order valence-corrected chi connectivity index (χ3v) is 3.75. The first-order valence-electron chi connectivity index (χ1n) is 6.17. The van der Waals surface area contributed by atoms with Crippen molar-refractivity contribution in [3.05, 3.63) is 0 Å². The molecule has 0 aliphatic heterocycles. The average Bonchev–Trinajstić information content (AvgIpc) is 2.15. The Labute approximate surface area is 98.7 Å². The lowest BCUT2D eigenvalue weighted by molar-refractivity contribution is -0.148. The van der Waals surface area contributed by atoms with Crippen LogP contribution in [-0.4, -0.2) is 19.6 Å². The Morgan fingerprint density at radius 1 is 1.50 bits per heavy atom. The Morgan fingerprint density at radius 2 is 2.12 bits per heavy atom. The number of carbonyl (C=O) groups excluding carboxylic acids is 1. The zero-order valence-corrected chi connectivity index (χ0v) is 11.0. The maximum absolute atomic E-state index is 11.7. The summed E-state index contributed by atoms with van der Waals surface area (Å²) in [7, 11) is 1.45. The number of hydrogen-bond donors (Lipinski definition) is 1. The molecule has 16 heavy (non-hydrogen) atoms. The summed E-state index contributed by atoms with van der Waals surface area (Å²) in [4.78, 5) is 11.7. The van der Waals surface area contributed by atoms with E-state index in [0.29, 0.717) is 23.8 Å². The molecule has 94 valence electrons. The largest absolute Gasteiger partial charge is 0.469 e. The van der Waals surface area contributed by atoms with Crippen LogP contribution in [-0.2, 0) is 9.53 Å². The van der Waals surface area contributed by atoms with E-state index in [1.54, 1.807) is 0 Å². The van der Waals surface area contributed by atoms with Crippen LogP contribution in [0.4, 0.5) is 0 Å². The maximum atomic E-state index is 11.7. The molecule has 3 atom stereocenters. The molecule has 0 spiro atoms. The fraction of sp³-hybridized carbons (Fsp3) is 0.923. The second-order valence-electron chi connectivity index (χ2n) is 6.04. The maximum Gasteiger partial charge on any atom is 0.310 e. The third kappa shape index (κ3) is 3.21. The first-order chi connectivity index (χ1) is 7.39. The standard InChI is InChI=1S/C13H25NO2/c1-9-5-10(7-13(2,3)6-9)11(8-14)12(15)16-4/h9-11H,5-8,14H2,1-4H3. The lowest BCUT2D eigenvalue weighted by atomic mass is 9.64. The highest BCUT2D eigenvalue weighted by Crippen LogP contribution is 2.44. The molecule has 1 aliphatic rings. The summed E-state index contributed by atoms with van der Waals surface area (Å²) in [6.07, 6.45) is 3.41. The first-order valence-corrected chi connectivity index (χ1v) is 6.17. The second kappa shape index (κ2) is 5.17. The minimum atomic E-state index is -0.141. The molecule has 0 saturated heterocycles. The van der Waals surface area contributed by atoms with Gasteiger partial charge in [-0.25, -0.2) is 0 Å². The van der Waals surface area contributed by atoms with E-state index in [1.165, 1.54) is 13.5 Å². The summed E-state index contributed by atoms with van der Waals surface area (Å²) in [6.45, 7) is 7.22. The van der Waals surface area contributed by atoms with Gasteiger partial charge in [0.05, 0.1) is 13.0 Å². The Bertz CT molecular complexity index is 250. The molecule has 1 fully saturated rings. The van der Waals surface area contributed by atoms with E-state index in [1.807, 2.05) is 0 Å². The van der Waals surface area contributed by atoms with Gasteiger partial charge in [0, 0.05) is 6.54 Å². The average molecular weight is 227 g/mol. The fourth-order valence-electron chi connectivity index (χ4n) is 3.36. The number of carbonyl (C=O) groups is 1. The Hall–Kier alpha value is -0.570. The molecule has 0 aromatic carbocycles. The van der Waals surface area contributed by atoms with Crippen molar-refractivity contribution < 1.29 is 9.53 Å². The minimum Gasteiger partial charge on any atom is -0.469 e. The summed E-state index contributed by atoms with van der Waals surface area (Å²) in [5.74, 6) is 0.799. The normalized spacial score (nSPS) is 30.8. The topological polar surface area (TPSA) is 52.3 Å². The van der Waals surface area contributed by atoms with Crippen LogP contribution in [0.3, 0.4) is 0 Å². The van der Waals surface area contributed by atoms with Gasteiger partial charge >= 0.3 is 5.97 Å². The van der Waals surface area contributed by atoms with Crippen molar-refractivity contribution in [2.45, 2.75) is 40.0 Å². The molecule has 0 bridgehead atoms. The SMILES string of the molecule is COC(=O)C(CN)C1CC(C)CC(C)(C)C1. The molecule has 3 heteroatoms. The van der Waals surface area contributed by atoms with Crippen LogP contribution in [0.1, 0.15) is 40.0 Å².